The van der Waals surface area contributed by atoms with Crippen LogP contribution in [0.25, 0.3) is 0 Å². The summed E-state index contributed by atoms with van der Waals surface area (Å²) in [5.41, 5.74) is 0.0251. The van der Waals surface area contributed by atoms with E-state index in [1.54, 1.807) is 6.07 Å². The molecule has 35 heavy (non-hydrogen) atoms. The Morgan fingerprint density at radius 1 is 1.00 bits per heavy atom. The number of alkyl halides is 3. The Hall–Kier alpha value is -2.98. The van der Waals surface area contributed by atoms with Crippen molar-refractivity contribution in [1.29, 1.82) is 0 Å². The molecule has 0 aliphatic rings. The average molecular weight is 491 g/mol. The molecule has 2 N–H and O–H groups in total. The molecule has 0 heterocycles. The first-order valence-corrected chi connectivity index (χ1v) is 11.9. The fourth-order valence-corrected chi connectivity index (χ4v) is 3.77. The minimum atomic E-state index is -4.66. The second kappa shape index (κ2) is 13.2. The molecule has 0 aliphatic heterocycles. The number of carboxylic acid groups (broad SMARTS) is 1. The Kier molecular flexibility index (Phi) is 10.7. The summed E-state index contributed by atoms with van der Waals surface area (Å²) >= 11 is 0. The third kappa shape index (κ3) is 8.95. The first kappa shape index (κ1) is 28.3. The molecule has 0 fully saturated rings. The molecule has 2 aromatic carbocycles. The monoisotopic (exact) mass is 490 g/mol. The molecule has 0 spiro atoms. The highest BCUT2D eigenvalue weighted by Crippen LogP contribution is 2.34. The van der Waals surface area contributed by atoms with E-state index in [1.807, 2.05) is 0 Å². The van der Waals surface area contributed by atoms with Crippen LogP contribution in [-0.2, 0) is 17.3 Å². The maximum Gasteiger partial charge on any atom is 0.417 e. The average Bonchev–Trinajstić information content (AvgIpc) is 2.80. The van der Waals surface area contributed by atoms with Gasteiger partial charge in [-0.05, 0) is 79.5 Å². The van der Waals surface area contributed by atoms with Gasteiger partial charge in [0.1, 0.15) is 5.75 Å². The first-order valence-electron chi connectivity index (χ1n) is 11.9. The fraction of sp³-hybridized carbons (Fsp3) is 0.464. The Morgan fingerprint density at radius 3 is 2.31 bits per heavy atom. The highest BCUT2D eigenvalue weighted by atomic mass is 19.4. The second-order valence-electron chi connectivity index (χ2n) is 8.90. The number of benzene rings is 2. The van der Waals surface area contributed by atoms with Crippen LogP contribution >= 0.6 is 0 Å². The van der Waals surface area contributed by atoms with Crippen molar-refractivity contribution in [3.05, 3.63) is 64.2 Å². The van der Waals surface area contributed by atoms with Crippen molar-refractivity contribution >= 4 is 5.97 Å². The molecule has 0 bridgehead atoms. The topological polar surface area (TPSA) is 66.8 Å². The highest BCUT2D eigenvalue weighted by Gasteiger charge is 2.33. The summed E-state index contributed by atoms with van der Waals surface area (Å²) in [7, 11) is 0. The van der Waals surface area contributed by atoms with Gasteiger partial charge in [-0.1, -0.05) is 39.0 Å². The summed E-state index contributed by atoms with van der Waals surface area (Å²) in [4.78, 5) is 11.5. The molecule has 0 amide bonds. The van der Waals surface area contributed by atoms with Crippen molar-refractivity contribution in [2.75, 3.05) is 13.2 Å². The van der Waals surface area contributed by atoms with Crippen LogP contribution in [0.4, 0.5) is 13.2 Å². The smallest absolute Gasteiger partial charge is 0.417 e. The van der Waals surface area contributed by atoms with Crippen molar-refractivity contribution in [3.63, 3.8) is 0 Å². The van der Waals surface area contributed by atoms with Gasteiger partial charge in [-0.2, -0.15) is 13.2 Å². The molecule has 2 rings (SSSR count). The van der Waals surface area contributed by atoms with Crippen LogP contribution < -0.4 is 0 Å². The van der Waals surface area contributed by atoms with E-state index >= 15 is 0 Å². The van der Waals surface area contributed by atoms with E-state index in [2.05, 4.69) is 32.6 Å². The van der Waals surface area contributed by atoms with Crippen LogP contribution in [0.15, 0.2) is 36.4 Å². The molecule has 0 aliphatic carbocycles. The zero-order chi connectivity index (χ0) is 26.0. The molecular weight excluding hydrogens is 457 g/mol. The van der Waals surface area contributed by atoms with E-state index < -0.39 is 23.5 Å². The quantitative estimate of drug-likeness (QED) is 0.265. The lowest BCUT2D eigenvalue weighted by molar-refractivity contribution is -0.137. The lowest BCUT2D eigenvalue weighted by Crippen LogP contribution is -2.12. The summed E-state index contributed by atoms with van der Waals surface area (Å²) in [5, 5.41) is 18.8. The SMILES string of the molecule is CCCOCCC(C)C(C)CCCc1cc(C(=O)O)ccc1C#Cc1ccc(O)cc1C(F)(F)F. The zero-order valence-corrected chi connectivity index (χ0v) is 20.4. The van der Waals surface area contributed by atoms with Crippen LogP contribution in [0.5, 0.6) is 5.75 Å². The van der Waals surface area contributed by atoms with E-state index in [-0.39, 0.29) is 11.1 Å². The third-order valence-electron chi connectivity index (χ3n) is 6.14. The molecule has 0 saturated heterocycles. The van der Waals surface area contributed by atoms with Crippen LogP contribution in [0, 0.1) is 23.7 Å². The van der Waals surface area contributed by atoms with Gasteiger partial charge in [0.2, 0.25) is 0 Å². The number of aryl methyl sites for hydroxylation is 1. The van der Waals surface area contributed by atoms with Crippen molar-refractivity contribution in [3.8, 4) is 17.6 Å². The number of hydrogen-bond acceptors (Lipinski definition) is 3. The first-order chi connectivity index (χ1) is 16.5. The maximum absolute atomic E-state index is 13.3. The zero-order valence-electron chi connectivity index (χ0n) is 20.4. The number of halogens is 3. The molecule has 2 unspecified atom stereocenters. The standard InChI is InChI=1S/C28H33F3O4/c1-4-15-35-16-14-20(3)19(2)6-5-7-23-17-24(27(33)34)11-9-21(23)8-10-22-12-13-25(32)18-26(22)28(29,30)31/h9,11-13,17-20,32H,4-7,14-16H2,1-3H3,(H,33,34). The number of aromatic carboxylic acids is 1. The molecule has 0 radical (unpaired) electrons. The molecule has 2 atom stereocenters. The van der Waals surface area contributed by atoms with Gasteiger partial charge in [0.25, 0.3) is 0 Å². The van der Waals surface area contributed by atoms with E-state index in [9.17, 15) is 28.2 Å². The second-order valence-corrected chi connectivity index (χ2v) is 8.90. The lowest BCUT2D eigenvalue weighted by Gasteiger charge is -2.20. The van der Waals surface area contributed by atoms with Crippen LogP contribution in [0.3, 0.4) is 0 Å². The van der Waals surface area contributed by atoms with Crippen LogP contribution in [-0.4, -0.2) is 29.4 Å². The molecular formula is C28H33F3O4. The Morgan fingerprint density at radius 2 is 1.66 bits per heavy atom. The number of phenols is 1. The predicted octanol–water partition coefficient (Wildman–Crippen LogP) is 6.92. The number of phenolic OH excluding ortho intramolecular Hbond substituents is 1. The lowest BCUT2D eigenvalue weighted by atomic mass is 9.87. The normalized spacial score (nSPS) is 13.1. The van der Waals surface area contributed by atoms with Gasteiger partial charge in [0, 0.05) is 24.3 Å². The number of rotatable bonds is 11. The van der Waals surface area contributed by atoms with Crippen molar-refractivity contribution in [1.82, 2.24) is 0 Å². The largest absolute Gasteiger partial charge is 0.508 e. The Labute approximate surface area is 205 Å². The van der Waals surface area contributed by atoms with Crippen LogP contribution in [0.1, 0.15) is 79.1 Å². The van der Waals surface area contributed by atoms with E-state index in [4.69, 9.17) is 4.74 Å². The fourth-order valence-electron chi connectivity index (χ4n) is 3.77. The summed E-state index contributed by atoms with van der Waals surface area (Å²) < 4.78 is 45.6. The maximum atomic E-state index is 13.3. The minimum Gasteiger partial charge on any atom is -0.508 e. The van der Waals surface area contributed by atoms with Gasteiger partial charge >= 0.3 is 12.1 Å². The van der Waals surface area contributed by atoms with Crippen molar-refractivity contribution in [2.24, 2.45) is 11.8 Å². The van der Waals surface area contributed by atoms with Gasteiger partial charge < -0.3 is 14.9 Å². The Balaban J connectivity index is 2.18. The molecule has 190 valence electrons. The number of carboxylic acids is 1. The summed E-state index contributed by atoms with van der Waals surface area (Å²) in [6, 6.07) is 7.41. The van der Waals surface area contributed by atoms with Crippen LogP contribution in [0.2, 0.25) is 0 Å². The Bertz CT molecular complexity index is 1050. The van der Waals surface area contributed by atoms with Gasteiger partial charge in [-0.15, -0.1) is 0 Å². The molecule has 2 aromatic rings. The summed E-state index contributed by atoms with van der Waals surface area (Å²) in [5.74, 6) is 4.71. The minimum absolute atomic E-state index is 0.112. The predicted molar refractivity (Wildman–Crippen MR) is 129 cm³/mol. The van der Waals surface area contributed by atoms with Gasteiger partial charge in [-0.25, -0.2) is 4.79 Å². The highest BCUT2D eigenvalue weighted by molar-refractivity contribution is 5.88. The van der Waals surface area contributed by atoms with E-state index in [0.717, 1.165) is 51.0 Å². The van der Waals surface area contributed by atoms with Gasteiger partial charge in [0.15, 0.2) is 0 Å². The third-order valence-corrected chi connectivity index (χ3v) is 6.14. The van der Waals surface area contributed by atoms with Gasteiger partial charge in [0.05, 0.1) is 11.1 Å². The number of hydrogen-bond donors (Lipinski definition) is 2. The number of ether oxygens (including phenoxy) is 1. The van der Waals surface area contributed by atoms with Gasteiger partial charge in [-0.3, -0.25) is 0 Å². The van der Waals surface area contributed by atoms with Crippen molar-refractivity contribution < 1.29 is 32.9 Å². The number of carbonyl (C=O) groups is 1. The van der Waals surface area contributed by atoms with E-state index in [1.165, 1.54) is 12.1 Å². The molecule has 7 heteroatoms. The molecule has 0 aromatic heterocycles. The molecule has 0 saturated carbocycles. The summed E-state index contributed by atoms with van der Waals surface area (Å²) in [6.45, 7) is 7.94. The molecule has 4 nitrogen and oxygen atoms in total. The summed E-state index contributed by atoms with van der Waals surface area (Å²) in [6.07, 6.45) is -0.403. The number of aromatic hydroxyl groups is 1. The van der Waals surface area contributed by atoms with E-state index in [0.29, 0.717) is 35.4 Å². The van der Waals surface area contributed by atoms with Crippen molar-refractivity contribution in [2.45, 2.75) is 59.1 Å².